The summed E-state index contributed by atoms with van der Waals surface area (Å²) in [6.45, 7) is 2.88. The lowest BCUT2D eigenvalue weighted by Crippen LogP contribution is -2.36. The third-order valence-corrected chi connectivity index (χ3v) is 6.37. The number of aliphatic hydroxyl groups is 1. The summed E-state index contributed by atoms with van der Waals surface area (Å²) in [5.74, 6) is 0.0887. The predicted octanol–water partition coefficient (Wildman–Crippen LogP) is 3.54. The van der Waals surface area contributed by atoms with Crippen molar-refractivity contribution in [3.05, 3.63) is 30.0 Å². The van der Waals surface area contributed by atoms with Gasteiger partial charge in [-0.25, -0.2) is 27.7 Å². The number of fused-ring (bicyclic) bond motifs is 2. The number of halogens is 3. The van der Waals surface area contributed by atoms with E-state index in [0.717, 1.165) is 12.8 Å². The fourth-order valence-electron chi connectivity index (χ4n) is 4.56. The van der Waals surface area contributed by atoms with Crippen LogP contribution in [0.3, 0.4) is 0 Å². The quantitative estimate of drug-likeness (QED) is 0.405. The van der Waals surface area contributed by atoms with Crippen LogP contribution in [-0.4, -0.2) is 52.3 Å². The van der Waals surface area contributed by atoms with Crippen molar-refractivity contribution in [1.82, 2.24) is 29.1 Å². The molecule has 9 nitrogen and oxygen atoms in total. The van der Waals surface area contributed by atoms with Crippen molar-refractivity contribution in [2.75, 3.05) is 11.1 Å². The summed E-state index contributed by atoms with van der Waals surface area (Å²) in [4.78, 5) is 13.0. The Balaban J connectivity index is 1.52. The summed E-state index contributed by atoms with van der Waals surface area (Å²) in [6, 6.07) is 3.25. The topological polar surface area (TPSA) is 119 Å². The van der Waals surface area contributed by atoms with Gasteiger partial charge >= 0.3 is 0 Å². The average Bonchev–Trinajstić information content (AvgIpc) is 3.25. The number of hydrogen-bond acceptors (Lipinski definition) is 7. The van der Waals surface area contributed by atoms with Gasteiger partial charge in [-0.15, -0.1) is 5.10 Å². The smallest absolute Gasteiger partial charge is 0.256 e. The number of nitrogens with zero attached hydrogens (tertiary/aromatic N) is 6. The highest BCUT2D eigenvalue weighted by atomic mass is 19.3. The van der Waals surface area contributed by atoms with E-state index in [1.807, 2.05) is 6.92 Å². The Labute approximate surface area is 192 Å². The van der Waals surface area contributed by atoms with Gasteiger partial charge in [0.1, 0.15) is 16.9 Å². The number of alkyl halides is 2. The minimum Gasteiger partial charge on any atom is -0.390 e. The Kier molecular flexibility index (Phi) is 5.34. The molecule has 0 radical (unpaired) electrons. The molecule has 4 heterocycles. The van der Waals surface area contributed by atoms with Crippen LogP contribution >= 0.6 is 0 Å². The zero-order valence-electron chi connectivity index (χ0n) is 18.8. The Hall–Kier alpha value is -3.41. The van der Waals surface area contributed by atoms with Crippen molar-refractivity contribution in [2.45, 2.75) is 64.1 Å². The Bertz CT molecular complexity index is 1370. The Morgan fingerprint density at radius 1 is 1.24 bits per heavy atom. The maximum absolute atomic E-state index is 15.1. The molecular formula is C22H25F3N8O. The lowest BCUT2D eigenvalue weighted by Gasteiger charge is -2.33. The molecule has 0 aliphatic heterocycles. The number of anilines is 2. The number of imidazole rings is 1. The fraction of sp³-hybridized carbons (Fsp3) is 0.455. The monoisotopic (exact) mass is 474 g/mol. The van der Waals surface area contributed by atoms with Crippen LogP contribution in [0.2, 0.25) is 0 Å². The molecule has 0 atom stereocenters. The molecule has 0 spiro atoms. The van der Waals surface area contributed by atoms with Crippen molar-refractivity contribution in [1.29, 1.82) is 0 Å². The Morgan fingerprint density at radius 2 is 1.97 bits per heavy atom. The molecule has 0 amide bonds. The van der Waals surface area contributed by atoms with E-state index in [2.05, 4.69) is 25.4 Å². The minimum absolute atomic E-state index is 0.0540. The molecule has 1 saturated carbocycles. The molecule has 0 bridgehead atoms. The molecule has 5 rings (SSSR count). The van der Waals surface area contributed by atoms with Crippen LogP contribution in [0.15, 0.2) is 18.3 Å². The number of aryl methyl sites for hydroxylation is 1. The zero-order valence-corrected chi connectivity index (χ0v) is 18.8. The molecular weight excluding hydrogens is 449 g/mol. The van der Waals surface area contributed by atoms with Crippen molar-refractivity contribution in [3.63, 3.8) is 0 Å². The second kappa shape index (κ2) is 8.12. The van der Waals surface area contributed by atoms with Crippen molar-refractivity contribution < 1.29 is 18.3 Å². The van der Waals surface area contributed by atoms with Crippen LogP contribution in [0.1, 0.15) is 38.4 Å². The summed E-state index contributed by atoms with van der Waals surface area (Å²) in [5.41, 5.74) is 6.75. The molecule has 0 saturated heterocycles. The molecule has 1 aliphatic rings. The molecule has 34 heavy (non-hydrogen) atoms. The first-order valence-electron chi connectivity index (χ1n) is 11.1. The van der Waals surface area contributed by atoms with Gasteiger partial charge in [0.25, 0.3) is 6.43 Å². The number of nitrogens with one attached hydrogen (secondary N) is 1. The van der Waals surface area contributed by atoms with E-state index in [1.165, 1.54) is 15.3 Å². The summed E-state index contributed by atoms with van der Waals surface area (Å²) >= 11 is 0. The van der Waals surface area contributed by atoms with Gasteiger partial charge in [0, 0.05) is 6.04 Å². The minimum atomic E-state index is -2.58. The molecule has 1 fully saturated rings. The zero-order chi connectivity index (χ0) is 24.2. The second-order valence-corrected chi connectivity index (χ2v) is 9.08. The van der Waals surface area contributed by atoms with Gasteiger partial charge in [-0.05, 0) is 51.7 Å². The first-order chi connectivity index (χ1) is 16.1. The van der Waals surface area contributed by atoms with Crippen LogP contribution < -0.4 is 11.1 Å². The van der Waals surface area contributed by atoms with E-state index in [1.54, 1.807) is 19.1 Å². The van der Waals surface area contributed by atoms with E-state index in [-0.39, 0.29) is 40.2 Å². The van der Waals surface area contributed by atoms with Crippen LogP contribution in [0.4, 0.5) is 24.9 Å². The van der Waals surface area contributed by atoms with E-state index >= 15 is 4.39 Å². The maximum atomic E-state index is 15.1. The largest absolute Gasteiger partial charge is 0.390 e. The van der Waals surface area contributed by atoms with Gasteiger partial charge in [-0.1, -0.05) is 0 Å². The summed E-state index contributed by atoms with van der Waals surface area (Å²) in [6.07, 6.45) is 1.40. The number of hydrogen-bond donors (Lipinski definition) is 3. The van der Waals surface area contributed by atoms with Gasteiger partial charge in [-0.3, -0.25) is 0 Å². The van der Waals surface area contributed by atoms with E-state index in [4.69, 9.17) is 5.73 Å². The molecule has 0 aromatic carbocycles. The number of rotatable bonds is 5. The van der Waals surface area contributed by atoms with Gasteiger partial charge in [-0.2, -0.15) is 4.98 Å². The molecule has 1 aliphatic carbocycles. The molecule has 12 heteroatoms. The standard InChI is InChI=1S/C22H25F3N8O/c1-11-27-15-4-3-14(29-20(15)32(11)10-16(24)25)17-13(23)9-33-18(17)19(26)30-21(31-33)28-12-5-7-22(2,34)8-6-12/h3-4,9,12,16,34H,5-8,10H2,1-2H3,(H3,26,28,30,31). The van der Waals surface area contributed by atoms with Crippen LogP contribution in [0.25, 0.3) is 27.9 Å². The normalized spacial score (nSPS) is 21.1. The highest BCUT2D eigenvalue weighted by Gasteiger charge is 2.29. The highest BCUT2D eigenvalue weighted by molar-refractivity contribution is 5.89. The van der Waals surface area contributed by atoms with E-state index < -0.39 is 24.4 Å². The third kappa shape index (κ3) is 4.02. The number of pyridine rings is 1. The lowest BCUT2D eigenvalue weighted by molar-refractivity contribution is 0.0195. The first kappa shape index (κ1) is 22.4. The molecule has 180 valence electrons. The number of nitrogens with two attached hydrogens (primary N) is 1. The van der Waals surface area contributed by atoms with Crippen molar-refractivity contribution in [2.24, 2.45) is 0 Å². The van der Waals surface area contributed by atoms with Gasteiger partial charge < -0.3 is 20.7 Å². The predicted molar refractivity (Wildman–Crippen MR) is 121 cm³/mol. The lowest BCUT2D eigenvalue weighted by atomic mass is 9.84. The average molecular weight is 474 g/mol. The van der Waals surface area contributed by atoms with E-state index in [9.17, 15) is 13.9 Å². The number of aromatic nitrogens is 6. The van der Waals surface area contributed by atoms with Crippen molar-refractivity contribution >= 4 is 28.4 Å². The van der Waals surface area contributed by atoms with E-state index in [0.29, 0.717) is 24.2 Å². The fourth-order valence-corrected chi connectivity index (χ4v) is 4.56. The SMILES string of the molecule is Cc1nc2ccc(-c3c(F)cn4nc(NC5CCC(C)(O)CC5)nc(N)c34)nc2n1CC(F)F. The molecule has 4 aromatic rings. The Morgan fingerprint density at radius 3 is 2.68 bits per heavy atom. The van der Waals surface area contributed by atoms with Gasteiger partial charge in [0.2, 0.25) is 5.95 Å². The van der Waals surface area contributed by atoms with Crippen LogP contribution in [-0.2, 0) is 6.54 Å². The van der Waals surface area contributed by atoms with Crippen LogP contribution in [0.5, 0.6) is 0 Å². The highest BCUT2D eigenvalue weighted by Crippen LogP contribution is 2.33. The first-order valence-corrected chi connectivity index (χ1v) is 11.1. The van der Waals surface area contributed by atoms with Gasteiger partial charge in [0.05, 0.1) is 29.6 Å². The molecule has 4 N–H and O–H groups in total. The van der Waals surface area contributed by atoms with Crippen molar-refractivity contribution in [3.8, 4) is 11.3 Å². The number of nitrogen functional groups attached to an aromatic ring is 1. The summed E-state index contributed by atoms with van der Waals surface area (Å²) in [5, 5.41) is 17.7. The molecule has 4 aromatic heterocycles. The molecule has 0 unspecified atom stereocenters. The maximum Gasteiger partial charge on any atom is 0.256 e. The van der Waals surface area contributed by atoms with Crippen LogP contribution in [0, 0.1) is 12.7 Å². The summed E-state index contributed by atoms with van der Waals surface area (Å²) in [7, 11) is 0. The third-order valence-electron chi connectivity index (χ3n) is 6.37. The second-order valence-electron chi connectivity index (χ2n) is 9.08. The van der Waals surface area contributed by atoms with Gasteiger partial charge in [0.15, 0.2) is 17.3 Å². The summed E-state index contributed by atoms with van der Waals surface area (Å²) < 4.78 is 43.8.